The van der Waals surface area contributed by atoms with Crippen molar-refractivity contribution < 1.29 is 24.2 Å². The molecule has 0 fully saturated rings. The van der Waals surface area contributed by atoms with E-state index in [1.165, 1.54) is 11.0 Å². The smallest absolute Gasteiger partial charge is 0.408 e. The van der Waals surface area contributed by atoms with Crippen LogP contribution in [0.5, 0.6) is 5.75 Å². The molecule has 34 heavy (non-hydrogen) atoms. The molecule has 0 aliphatic rings. The minimum absolute atomic E-state index is 0.00370. The highest BCUT2D eigenvalue weighted by Crippen LogP contribution is 2.34. The van der Waals surface area contributed by atoms with E-state index in [1.54, 1.807) is 59.7 Å². The maximum Gasteiger partial charge on any atom is 0.408 e. The third-order valence-corrected chi connectivity index (χ3v) is 5.31. The molecule has 0 aliphatic carbocycles. The van der Waals surface area contributed by atoms with Gasteiger partial charge in [-0.15, -0.1) is 0 Å². The van der Waals surface area contributed by atoms with Gasteiger partial charge in [0.1, 0.15) is 23.4 Å². The highest BCUT2D eigenvalue weighted by atomic mass is 32.1. The number of para-hydroxylation sites is 1. The number of nitrogens with zero attached hydrogens (tertiary/aromatic N) is 1. The predicted molar refractivity (Wildman–Crippen MR) is 137 cm³/mol. The van der Waals surface area contributed by atoms with Crippen LogP contribution in [0.1, 0.15) is 79.3 Å². The van der Waals surface area contributed by atoms with Gasteiger partial charge in [-0.3, -0.25) is 9.59 Å². The predicted octanol–water partition coefficient (Wildman–Crippen LogP) is 4.19. The standard InChI is InChI=1S/C25H41N3O5S/c1-8-9-12-15-26-21(30)20(17-13-10-11-14-19(17)29)28(24(2,3)4)22(31)18(16-34)27-23(32)33-25(5,6)7/h10-11,13-14,18,20,29,34H,8-9,12,15-16H2,1-7H3,(H,26,30)(H,27,32). The van der Waals surface area contributed by atoms with E-state index in [0.29, 0.717) is 12.1 Å². The lowest BCUT2D eigenvalue weighted by Crippen LogP contribution is -2.59. The lowest BCUT2D eigenvalue weighted by Gasteiger charge is -2.43. The second-order valence-electron chi connectivity index (χ2n) is 10.2. The van der Waals surface area contributed by atoms with E-state index in [-0.39, 0.29) is 11.5 Å². The zero-order valence-corrected chi connectivity index (χ0v) is 22.4. The Kier molecular flexibility index (Phi) is 11.2. The van der Waals surface area contributed by atoms with Crippen molar-refractivity contribution in [2.45, 2.75) is 91.0 Å². The number of carbonyl (C=O) groups is 3. The van der Waals surface area contributed by atoms with Gasteiger partial charge in [0.25, 0.3) is 0 Å². The lowest BCUT2D eigenvalue weighted by molar-refractivity contribution is -0.148. The quantitative estimate of drug-likeness (QED) is 0.288. The Morgan fingerprint density at radius 1 is 1.09 bits per heavy atom. The molecule has 2 unspecified atom stereocenters. The minimum atomic E-state index is -1.11. The van der Waals surface area contributed by atoms with Crippen LogP contribution in [-0.4, -0.2) is 57.4 Å². The number of thiol groups is 1. The third kappa shape index (κ3) is 9.08. The number of amides is 3. The van der Waals surface area contributed by atoms with Crippen LogP contribution < -0.4 is 10.6 Å². The molecule has 0 saturated carbocycles. The van der Waals surface area contributed by atoms with E-state index in [1.807, 2.05) is 0 Å². The molecule has 0 heterocycles. The molecule has 0 radical (unpaired) electrons. The summed E-state index contributed by atoms with van der Waals surface area (Å²) in [6.45, 7) is 13.1. The summed E-state index contributed by atoms with van der Waals surface area (Å²) in [5.74, 6) is -1.02. The molecule has 2 atom stereocenters. The van der Waals surface area contributed by atoms with Crippen LogP contribution in [0.2, 0.25) is 0 Å². The first-order chi connectivity index (χ1) is 15.7. The van der Waals surface area contributed by atoms with E-state index in [9.17, 15) is 19.5 Å². The number of phenols is 1. The summed E-state index contributed by atoms with van der Waals surface area (Å²) in [5.41, 5.74) is -1.27. The van der Waals surface area contributed by atoms with Crippen molar-refractivity contribution in [3.63, 3.8) is 0 Å². The molecule has 1 aromatic carbocycles. The molecule has 192 valence electrons. The van der Waals surface area contributed by atoms with Gasteiger partial charge in [-0.05, 0) is 54.0 Å². The second kappa shape index (κ2) is 12.9. The SMILES string of the molecule is CCCCCNC(=O)C(c1ccccc1O)N(C(=O)C(CS)NC(=O)OC(C)(C)C)C(C)(C)C. The number of hydrogen-bond donors (Lipinski definition) is 4. The largest absolute Gasteiger partial charge is 0.508 e. The van der Waals surface area contributed by atoms with Crippen molar-refractivity contribution >= 4 is 30.5 Å². The van der Waals surface area contributed by atoms with Crippen LogP contribution >= 0.6 is 12.6 Å². The normalized spacial score (nSPS) is 13.5. The summed E-state index contributed by atoms with van der Waals surface area (Å²) in [6.07, 6.45) is 2.02. The molecule has 0 saturated heterocycles. The van der Waals surface area contributed by atoms with Gasteiger partial charge in [0.05, 0.1) is 0 Å². The van der Waals surface area contributed by atoms with Gasteiger partial charge in [0.15, 0.2) is 0 Å². The maximum absolute atomic E-state index is 13.8. The zero-order valence-electron chi connectivity index (χ0n) is 21.5. The fraction of sp³-hybridized carbons (Fsp3) is 0.640. The molecular weight excluding hydrogens is 454 g/mol. The molecule has 0 spiro atoms. The molecule has 1 aromatic rings. The van der Waals surface area contributed by atoms with Crippen LogP contribution in [-0.2, 0) is 14.3 Å². The number of phenolic OH excluding ortho intramolecular Hbond substituents is 1. The molecule has 0 aromatic heterocycles. The van der Waals surface area contributed by atoms with E-state index in [4.69, 9.17) is 4.74 Å². The Morgan fingerprint density at radius 2 is 1.71 bits per heavy atom. The summed E-state index contributed by atoms with van der Waals surface area (Å²) >= 11 is 4.27. The highest BCUT2D eigenvalue weighted by molar-refractivity contribution is 7.80. The molecule has 8 nitrogen and oxygen atoms in total. The summed E-state index contributed by atoms with van der Waals surface area (Å²) in [7, 11) is 0. The van der Waals surface area contributed by atoms with Gasteiger partial charge < -0.3 is 25.4 Å². The van der Waals surface area contributed by atoms with Crippen LogP contribution in [0.25, 0.3) is 0 Å². The van der Waals surface area contributed by atoms with Crippen molar-refractivity contribution in [2.24, 2.45) is 0 Å². The van der Waals surface area contributed by atoms with Crippen molar-refractivity contribution in [1.29, 1.82) is 0 Å². The van der Waals surface area contributed by atoms with Crippen LogP contribution in [0, 0.1) is 0 Å². The summed E-state index contributed by atoms with van der Waals surface area (Å²) in [5, 5.41) is 16.1. The minimum Gasteiger partial charge on any atom is -0.508 e. The fourth-order valence-corrected chi connectivity index (χ4v) is 3.70. The third-order valence-electron chi connectivity index (χ3n) is 4.95. The molecule has 3 amide bonds. The second-order valence-corrected chi connectivity index (χ2v) is 10.6. The van der Waals surface area contributed by atoms with Gasteiger partial charge in [-0.2, -0.15) is 12.6 Å². The van der Waals surface area contributed by atoms with Crippen LogP contribution in [0.4, 0.5) is 4.79 Å². The van der Waals surface area contributed by atoms with Gasteiger partial charge in [-0.25, -0.2) is 4.79 Å². The monoisotopic (exact) mass is 495 g/mol. The Hall–Kier alpha value is -2.42. The average Bonchev–Trinajstić information content (AvgIpc) is 2.71. The summed E-state index contributed by atoms with van der Waals surface area (Å²) in [6, 6.07) is 4.30. The molecule has 1 rings (SSSR count). The number of nitrogens with one attached hydrogen (secondary N) is 2. The Balaban J connectivity index is 3.39. The first-order valence-corrected chi connectivity index (χ1v) is 12.3. The average molecular weight is 496 g/mol. The van der Waals surface area contributed by atoms with Crippen molar-refractivity contribution in [3.05, 3.63) is 29.8 Å². The zero-order chi connectivity index (χ0) is 26.1. The number of unbranched alkanes of at least 4 members (excludes halogenated alkanes) is 2. The van der Waals surface area contributed by atoms with E-state index in [0.717, 1.165) is 19.3 Å². The lowest BCUT2D eigenvalue weighted by atomic mass is 9.95. The Labute approximate surface area is 209 Å². The number of alkyl carbamates (subject to hydrolysis) is 1. The van der Waals surface area contributed by atoms with Gasteiger partial charge >= 0.3 is 6.09 Å². The molecule has 0 bridgehead atoms. The van der Waals surface area contributed by atoms with E-state index in [2.05, 4.69) is 30.2 Å². The number of carbonyl (C=O) groups excluding carboxylic acids is 3. The number of aromatic hydroxyl groups is 1. The number of rotatable bonds is 10. The van der Waals surface area contributed by atoms with E-state index < -0.39 is 41.1 Å². The number of ether oxygens (including phenoxy) is 1. The first kappa shape index (κ1) is 29.6. The molecule has 3 N–H and O–H groups in total. The van der Waals surface area contributed by atoms with Crippen LogP contribution in [0.15, 0.2) is 24.3 Å². The fourth-order valence-electron chi connectivity index (χ4n) is 3.45. The van der Waals surface area contributed by atoms with Gasteiger partial charge in [0.2, 0.25) is 11.8 Å². The van der Waals surface area contributed by atoms with Crippen molar-refractivity contribution in [3.8, 4) is 5.75 Å². The van der Waals surface area contributed by atoms with Gasteiger partial charge in [-0.1, -0.05) is 38.0 Å². The van der Waals surface area contributed by atoms with E-state index >= 15 is 0 Å². The number of hydrogen-bond acceptors (Lipinski definition) is 6. The molecular formula is C25H41N3O5S. The van der Waals surface area contributed by atoms with Crippen LogP contribution in [0.3, 0.4) is 0 Å². The molecule has 9 heteroatoms. The molecule has 0 aliphatic heterocycles. The summed E-state index contributed by atoms with van der Waals surface area (Å²) < 4.78 is 5.30. The first-order valence-electron chi connectivity index (χ1n) is 11.7. The Morgan fingerprint density at radius 3 is 2.21 bits per heavy atom. The Bertz CT molecular complexity index is 833. The summed E-state index contributed by atoms with van der Waals surface area (Å²) in [4.78, 5) is 41.0. The van der Waals surface area contributed by atoms with Crippen molar-refractivity contribution in [1.82, 2.24) is 15.5 Å². The highest BCUT2D eigenvalue weighted by Gasteiger charge is 2.42. The number of benzene rings is 1. The van der Waals surface area contributed by atoms with Crippen molar-refractivity contribution in [2.75, 3.05) is 12.3 Å². The van der Waals surface area contributed by atoms with Gasteiger partial charge in [0, 0.05) is 23.4 Å². The maximum atomic E-state index is 13.8. The topological polar surface area (TPSA) is 108 Å².